The highest BCUT2D eigenvalue weighted by Gasteiger charge is 2.48. The third-order valence-corrected chi connectivity index (χ3v) is 6.63. The summed E-state index contributed by atoms with van der Waals surface area (Å²) in [6, 6.07) is 4.69. The largest absolute Gasteiger partial charge is 0.451 e. The zero-order chi connectivity index (χ0) is 16.4. The van der Waals surface area contributed by atoms with Crippen molar-refractivity contribution in [2.24, 2.45) is 23.7 Å². The van der Waals surface area contributed by atoms with Crippen LogP contribution in [0.5, 0.6) is 0 Å². The number of furan rings is 1. The van der Waals surface area contributed by atoms with Crippen LogP contribution in [-0.2, 0) is 0 Å². The molecular weight excluding hydrogens is 305 g/mol. The average molecular weight is 327 g/mol. The zero-order valence-corrected chi connectivity index (χ0v) is 13.8. The van der Waals surface area contributed by atoms with Crippen LogP contribution in [0.4, 0.5) is 4.39 Å². The topological polar surface area (TPSA) is 42.2 Å². The molecule has 4 saturated carbocycles. The first-order valence-electron chi connectivity index (χ1n) is 9.08. The Balaban J connectivity index is 1.42. The van der Waals surface area contributed by atoms with Gasteiger partial charge in [-0.05, 0) is 80.9 Å². The Morgan fingerprint density at radius 3 is 2.46 bits per heavy atom. The number of nitrogens with one attached hydrogen (secondary N) is 1. The van der Waals surface area contributed by atoms with Crippen molar-refractivity contribution in [1.29, 1.82) is 0 Å². The van der Waals surface area contributed by atoms with Crippen molar-refractivity contribution < 1.29 is 13.6 Å². The number of rotatable bonds is 2. The Morgan fingerprint density at radius 1 is 1.12 bits per heavy atom. The lowest BCUT2D eigenvalue weighted by Crippen LogP contribution is -2.55. The van der Waals surface area contributed by atoms with E-state index in [0.29, 0.717) is 28.6 Å². The number of amides is 1. The van der Waals surface area contributed by atoms with Gasteiger partial charge in [-0.2, -0.15) is 0 Å². The molecule has 4 aliphatic rings. The standard InChI is InChI=1S/C20H22FNO2/c1-10-16-9-15(21)2-3-17(16)24-19(10)20(23)22-18-13-5-11-4-12(7-13)8-14(18)6-11/h2-3,9,11-14,18H,4-8H2,1H3,(H,22,23). The summed E-state index contributed by atoms with van der Waals surface area (Å²) < 4.78 is 19.2. The fourth-order valence-corrected chi connectivity index (χ4v) is 5.79. The Labute approximate surface area is 140 Å². The van der Waals surface area contributed by atoms with E-state index in [0.717, 1.165) is 17.4 Å². The van der Waals surface area contributed by atoms with Gasteiger partial charge in [-0.3, -0.25) is 4.79 Å². The van der Waals surface area contributed by atoms with Crippen LogP contribution in [0.15, 0.2) is 22.6 Å². The van der Waals surface area contributed by atoms with E-state index in [2.05, 4.69) is 5.32 Å². The molecule has 1 aromatic heterocycles. The summed E-state index contributed by atoms with van der Waals surface area (Å²) in [5.41, 5.74) is 1.30. The van der Waals surface area contributed by atoms with Crippen molar-refractivity contribution in [3.63, 3.8) is 0 Å². The summed E-state index contributed by atoms with van der Waals surface area (Å²) >= 11 is 0. The van der Waals surface area contributed by atoms with Gasteiger partial charge in [0.2, 0.25) is 0 Å². The normalized spacial score (nSPS) is 34.0. The molecule has 1 aromatic carbocycles. The van der Waals surface area contributed by atoms with E-state index in [1.807, 2.05) is 6.92 Å². The number of hydrogen-bond acceptors (Lipinski definition) is 2. The maximum Gasteiger partial charge on any atom is 0.287 e. The number of halogens is 1. The minimum Gasteiger partial charge on any atom is -0.451 e. The average Bonchev–Trinajstić information content (AvgIpc) is 2.87. The molecule has 0 spiro atoms. The Kier molecular flexibility index (Phi) is 3.07. The molecular formula is C20H22FNO2. The molecule has 4 heteroatoms. The molecule has 0 atom stereocenters. The van der Waals surface area contributed by atoms with Gasteiger partial charge in [0.15, 0.2) is 5.76 Å². The van der Waals surface area contributed by atoms with Gasteiger partial charge in [-0.1, -0.05) is 0 Å². The Bertz CT molecular complexity index is 796. The second kappa shape index (κ2) is 5.08. The summed E-state index contributed by atoms with van der Waals surface area (Å²) in [5, 5.41) is 3.95. The molecule has 24 heavy (non-hydrogen) atoms. The lowest BCUT2D eigenvalue weighted by Gasteiger charge is -2.54. The van der Waals surface area contributed by atoms with Crippen LogP contribution in [-0.4, -0.2) is 11.9 Å². The molecule has 0 radical (unpaired) electrons. The lowest BCUT2D eigenvalue weighted by atomic mass is 9.54. The van der Waals surface area contributed by atoms with E-state index < -0.39 is 0 Å². The van der Waals surface area contributed by atoms with E-state index in [9.17, 15) is 9.18 Å². The van der Waals surface area contributed by atoms with Gasteiger partial charge >= 0.3 is 0 Å². The molecule has 1 N–H and O–H groups in total. The summed E-state index contributed by atoms with van der Waals surface area (Å²) in [5.74, 6) is 2.93. The van der Waals surface area contributed by atoms with Crippen molar-refractivity contribution >= 4 is 16.9 Å². The van der Waals surface area contributed by atoms with E-state index in [4.69, 9.17) is 4.42 Å². The molecule has 1 amide bonds. The van der Waals surface area contributed by atoms with Crippen LogP contribution < -0.4 is 5.32 Å². The van der Waals surface area contributed by atoms with E-state index in [1.54, 1.807) is 6.07 Å². The number of fused-ring (bicyclic) bond motifs is 1. The third kappa shape index (κ3) is 2.11. The van der Waals surface area contributed by atoms with Crippen LogP contribution in [0.3, 0.4) is 0 Å². The van der Waals surface area contributed by atoms with Gasteiger partial charge in [-0.15, -0.1) is 0 Å². The molecule has 4 aliphatic carbocycles. The summed E-state index contributed by atoms with van der Waals surface area (Å²) in [6.07, 6.45) is 6.47. The highest BCUT2D eigenvalue weighted by molar-refractivity contribution is 5.99. The van der Waals surface area contributed by atoms with Gasteiger partial charge < -0.3 is 9.73 Å². The summed E-state index contributed by atoms with van der Waals surface area (Å²) in [6.45, 7) is 1.83. The SMILES string of the molecule is Cc1c(C(=O)NC2C3CC4CC(C3)CC2C4)oc2ccc(F)cc12. The molecule has 1 heterocycles. The van der Waals surface area contributed by atoms with Crippen molar-refractivity contribution in [1.82, 2.24) is 5.32 Å². The Morgan fingerprint density at radius 2 is 1.79 bits per heavy atom. The van der Waals surface area contributed by atoms with Crippen molar-refractivity contribution in [3.8, 4) is 0 Å². The maximum atomic E-state index is 13.5. The molecule has 0 aliphatic heterocycles. The van der Waals surface area contributed by atoms with Crippen LogP contribution in [0.25, 0.3) is 11.0 Å². The number of carbonyl (C=O) groups is 1. The quantitative estimate of drug-likeness (QED) is 0.886. The van der Waals surface area contributed by atoms with Gasteiger partial charge in [0.25, 0.3) is 5.91 Å². The number of benzene rings is 1. The molecule has 4 bridgehead atoms. The minimum atomic E-state index is -0.306. The highest BCUT2D eigenvalue weighted by atomic mass is 19.1. The first kappa shape index (κ1) is 14.5. The van der Waals surface area contributed by atoms with Crippen LogP contribution in [0, 0.1) is 36.4 Å². The fraction of sp³-hybridized carbons (Fsp3) is 0.550. The van der Waals surface area contributed by atoms with Crippen LogP contribution in [0.2, 0.25) is 0 Å². The van der Waals surface area contributed by atoms with Gasteiger partial charge in [-0.25, -0.2) is 4.39 Å². The van der Waals surface area contributed by atoms with Crippen molar-refractivity contribution in [3.05, 3.63) is 35.3 Å². The molecule has 3 nitrogen and oxygen atoms in total. The van der Waals surface area contributed by atoms with Crippen LogP contribution in [0.1, 0.15) is 48.2 Å². The second-order valence-corrected chi connectivity index (χ2v) is 8.13. The zero-order valence-electron chi connectivity index (χ0n) is 13.8. The first-order chi connectivity index (χ1) is 11.6. The van der Waals surface area contributed by atoms with E-state index in [1.165, 1.54) is 44.2 Å². The molecule has 4 fully saturated rings. The fourth-order valence-electron chi connectivity index (χ4n) is 5.79. The molecule has 6 rings (SSSR count). The number of carbonyl (C=O) groups excluding carboxylic acids is 1. The van der Waals surface area contributed by atoms with Crippen molar-refractivity contribution in [2.45, 2.75) is 45.1 Å². The molecule has 2 aromatic rings. The lowest BCUT2D eigenvalue weighted by molar-refractivity contribution is -0.0122. The van der Waals surface area contributed by atoms with Gasteiger partial charge in [0, 0.05) is 17.0 Å². The third-order valence-electron chi connectivity index (χ3n) is 6.63. The summed E-state index contributed by atoms with van der Waals surface area (Å²) in [4.78, 5) is 12.8. The van der Waals surface area contributed by atoms with E-state index >= 15 is 0 Å². The molecule has 0 unspecified atom stereocenters. The van der Waals surface area contributed by atoms with E-state index in [-0.39, 0.29) is 17.8 Å². The molecule has 126 valence electrons. The first-order valence-corrected chi connectivity index (χ1v) is 9.08. The smallest absolute Gasteiger partial charge is 0.287 e. The summed E-state index contributed by atoms with van der Waals surface area (Å²) in [7, 11) is 0. The predicted octanol–water partition coefficient (Wildman–Crippen LogP) is 4.43. The minimum absolute atomic E-state index is 0.137. The van der Waals surface area contributed by atoms with Crippen LogP contribution >= 0.6 is 0 Å². The second-order valence-electron chi connectivity index (χ2n) is 8.13. The monoisotopic (exact) mass is 327 g/mol. The highest BCUT2D eigenvalue weighted by Crippen LogP contribution is 2.53. The molecule has 0 saturated heterocycles. The predicted molar refractivity (Wildman–Crippen MR) is 89.2 cm³/mol. The number of aryl methyl sites for hydroxylation is 1. The number of hydrogen-bond donors (Lipinski definition) is 1. The van der Waals surface area contributed by atoms with Gasteiger partial charge in [0.1, 0.15) is 11.4 Å². The maximum absolute atomic E-state index is 13.5. The van der Waals surface area contributed by atoms with Gasteiger partial charge in [0.05, 0.1) is 0 Å². The van der Waals surface area contributed by atoms with Crippen molar-refractivity contribution in [2.75, 3.05) is 0 Å². The Hall–Kier alpha value is -1.84.